The molecule has 19 heavy (non-hydrogen) atoms. The fraction of sp³-hybridized carbons (Fsp3) is 0.538. The van der Waals surface area contributed by atoms with E-state index in [4.69, 9.17) is 5.73 Å². The van der Waals surface area contributed by atoms with E-state index in [0.29, 0.717) is 24.2 Å². The second-order valence-corrected chi connectivity index (χ2v) is 4.83. The van der Waals surface area contributed by atoms with E-state index in [0.717, 1.165) is 18.9 Å². The van der Waals surface area contributed by atoms with Crippen LogP contribution in [-0.4, -0.2) is 25.3 Å². The van der Waals surface area contributed by atoms with Crippen molar-refractivity contribution in [2.75, 3.05) is 18.0 Å². The Morgan fingerprint density at radius 1 is 1.21 bits per heavy atom. The van der Waals surface area contributed by atoms with Crippen molar-refractivity contribution in [1.29, 1.82) is 0 Å². The lowest BCUT2D eigenvalue weighted by Gasteiger charge is -2.26. The number of alkyl halides is 3. The summed E-state index contributed by atoms with van der Waals surface area (Å²) in [5.74, 6) is -0.520. The summed E-state index contributed by atoms with van der Waals surface area (Å²) in [5, 5.41) is 0. The predicted molar refractivity (Wildman–Crippen MR) is 65.6 cm³/mol. The first-order valence-electron chi connectivity index (χ1n) is 6.22. The molecule has 0 amide bonds. The van der Waals surface area contributed by atoms with E-state index in [1.54, 1.807) is 6.07 Å². The standard InChI is InChI=1S/C13H16F4N2/c14-10-5-9(3-4-18)6-12(7-10)19(11-1-2-11)8-13(15,16)17/h5-7,11H,1-4,8,18H2. The van der Waals surface area contributed by atoms with E-state index in [-0.39, 0.29) is 6.04 Å². The van der Waals surface area contributed by atoms with Crippen molar-refractivity contribution < 1.29 is 17.6 Å². The highest BCUT2D eigenvalue weighted by Gasteiger charge is 2.38. The van der Waals surface area contributed by atoms with Crippen LogP contribution in [0.15, 0.2) is 18.2 Å². The third-order valence-electron chi connectivity index (χ3n) is 3.04. The monoisotopic (exact) mass is 276 g/mol. The average Bonchev–Trinajstić information content (AvgIpc) is 3.08. The Morgan fingerprint density at radius 2 is 1.89 bits per heavy atom. The zero-order chi connectivity index (χ0) is 14.0. The van der Waals surface area contributed by atoms with Crippen molar-refractivity contribution in [3.05, 3.63) is 29.6 Å². The first-order valence-corrected chi connectivity index (χ1v) is 6.22. The number of anilines is 1. The molecule has 0 aromatic heterocycles. The fourth-order valence-corrected chi connectivity index (χ4v) is 2.12. The number of rotatable bonds is 5. The van der Waals surface area contributed by atoms with E-state index >= 15 is 0 Å². The molecule has 1 aromatic carbocycles. The Morgan fingerprint density at radius 3 is 2.42 bits per heavy atom. The summed E-state index contributed by atoms with van der Waals surface area (Å²) in [6.07, 6.45) is -2.39. The molecule has 1 aromatic rings. The van der Waals surface area contributed by atoms with Gasteiger partial charge in [0.2, 0.25) is 0 Å². The van der Waals surface area contributed by atoms with Crippen LogP contribution in [0.2, 0.25) is 0 Å². The first kappa shape index (κ1) is 14.1. The Hall–Kier alpha value is -1.30. The summed E-state index contributed by atoms with van der Waals surface area (Å²) in [7, 11) is 0. The van der Waals surface area contributed by atoms with Crippen molar-refractivity contribution in [1.82, 2.24) is 0 Å². The van der Waals surface area contributed by atoms with Gasteiger partial charge in [-0.1, -0.05) is 0 Å². The quantitative estimate of drug-likeness (QED) is 0.838. The SMILES string of the molecule is NCCc1cc(F)cc(N(CC(F)(F)F)C2CC2)c1. The predicted octanol–water partition coefficient (Wildman–Crippen LogP) is 2.86. The second kappa shape index (κ2) is 5.36. The molecule has 0 saturated heterocycles. The molecule has 0 heterocycles. The molecule has 2 N–H and O–H groups in total. The molecule has 6 heteroatoms. The molecule has 0 bridgehead atoms. The molecule has 1 saturated carbocycles. The van der Waals surface area contributed by atoms with Crippen molar-refractivity contribution >= 4 is 5.69 Å². The Balaban J connectivity index is 2.25. The van der Waals surface area contributed by atoms with Crippen LogP contribution in [0.5, 0.6) is 0 Å². The lowest BCUT2D eigenvalue weighted by atomic mass is 10.1. The maximum Gasteiger partial charge on any atom is 0.405 e. The van der Waals surface area contributed by atoms with Crippen LogP contribution in [-0.2, 0) is 6.42 Å². The molecular weight excluding hydrogens is 260 g/mol. The van der Waals surface area contributed by atoms with Gasteiger partial charge < -0.3 is 10.6 Å². The Labute approximate surface area is 109 Å². The fourth-order valence-electron chi connectivity index (χ4n) is 2.12. The highest BCUT2D eigenvalue weighted by Crippen LogP contribution is 2.35. The van der Waals surface area contributed by atoms with Gasteiger partial charge >= 0.3 is 6.18 Å². The lowest BCUT2D eigenvalue weighted by molar-refractivity contribution is -0.120. The zero-order valence-corrected chi connectivity index (χ0v) is 10.4. The van der Waals surface area contributed by atoms with Crippen molar-refractivity contribution in [2.45, 2.75) is 31.5 Å². The molecule has 0 aliphatic heterocycles. The average molecular weight is 276 g/mol. The minimum Gasteiger partial charge on any atom is -0.359 e. The summed E-state index contributed by atoms with van der Waals surface area (Å²) < 4.78 is 51.2. The third-order valence-corrected chi connectivity index (χ3v) is 3.04. The molecule has 0 radical (unpaired) electrons. The highest BCUT2D eigenvalue weighted by atomic mass is 19.4. The van der Waals surface area contributed by atoms with E-state index < -0.39 is 18.5 Å². The van der Waals surface area contributed by atoms with E-state index in [9.17, 15) is 17.6 Å². The van der Waals surface area contributed by atoms with E-state index in [1.165, 1.54) is 11.0 Å². The molecule has 1 aliphatic carbocycles. The first-order chi connectivity index (χ1) is 8.89. The van der Waals surface area contributed by atoms with Crippen LogP contribution in [0.3, 0.4) is 0 Å². The summed E-state index contributed by atoms with van der Waals surface area (Å²) >= 11 is 0. The summed E-state index contributed by atoms with van der Waals surface area (Å²) in [4.78, 5) is 1.24. The molecule has 0 spiro atoms. The van der Waals surface area contributed by atoms with Crippen LogP contribution >= 0.6 is 0 Å². The lowest BCUT2D eigenvalue weighted by Crippen LogP contribution is -2.36. The number of hydrogen-bond donors (Lipinski definition) is 1. The largest absolute Gasteiger partial charge is 0.405 e. The van der Waals surface area contributed by atoms with Gasteiger partial charge in [0.1, 0.15) is 12.4 Å². The molecule has 1 fully saturated rings. The van der Waals surface area contributed by atoms with Gasteiger partial charge in [0.25, 0.3) is 0 Å². The number of halogens is 4. The summed E-state index contributed by atoms with van der Waals surface area (Å²) in [6, 6.07) is 3.94. The van der Waals surface area contributed by atoms with Gasteiger partial charge in [-0.05, 0) is 49.6 Å². The second-order valence-electron chi connectivity index (χ2n) is 4.83. The smallest absolute Gasteiger partial charge is 0.359 e. The number of benzene rings is 1. The zero-order valence-electron chi connectivity index (χ0n) is 10.4. The molecule has 1 aliphatic rings. The van der Waals surface area contributed by atoms with Crippen LogP contribution < -0.4 is 10.6 Å². The Bertz CT molecular complexity index is 441. The molecule has 0 unspecified atom stereocenters. The molecular formula is C13H16F4N2. The molecule has 2 rings (SSSR count). The van der Waals surface area contributed by atoms with Crippen LogP contribution in [0.25, 0.3) is 0 Å². The maximum absolute atomic E-state index is 13.5. The Kier molecular flexibility index (Phi) is 3.99. The minimum absolute atomic E-state index is 0.130. The maximum atomic E-state index is 13.5. The normalized spacial score (nSPS) is 15.6. The topological polar surface area (TPSA) is 29.3 Å². The third kappa shape index (κ3) is 4.09. The van der Waals surface area contributed by atoms with Crippen LogP contribution in [0.1, 0.15) is 18.4 Å². The minimum atomic E-state index is -4.29. The summed E-state index contributed by atoms with van der Waals surface area (Å²) in [5.41, 5.74) is 6.32. The van der Waals surface area contributed by atoms with Crippen LogP contribution in [0.4, 0.5) is 23.2 Å². The van der Waals surface area contributed by atoms with Crippen LogP contribution in [0, 0.1) is 5.82 Å². The number of nitrogens with zero attached hydrogens (tertiary/aromatic N) is 1. The van der Waals surface area contributed by atoms with Gasteiger partial charge in [0.05, 0.1) is 0 Å². The van der Waals surface area contributed by atoms with Gasteiger partial charge in [-0.25, -0.2) is 4.39 Å². The number of hydrogen-bond acceptors (Lipinski definition) is 2. The van der Waals surface area contributed by atoms with Crippen molar-refractivity contribution in [2.24, 2.45) is 5.73 Å². The van der Waals surface area contributed by atoms with E-state index in [1.807, 2.05) is 0 Å². The van der Waals surface area contributed by atoms with Gasteiger partial charge in [-0.2, -0.15) is 13.2 Å². The van der Waals surface area contributed by atoms with Gasteiger partial charge in [0, 0.05) is 11.7 Å². The van der Waals surface area contributed by atoms with Crippen molar-refractivity contribution in [3.8, 4) is 0 Å². The number of nitrogens with two attached hydrogens (primary N) is 1. The van der Waals surface area contributed by atoms with Gasteiger partial charge in [-0.15, -0.1) is 0 Å². The highest BCUT2D eigenvalue weighted by molar-refractivity contribution is 5.51. The van der Waals surface area contributed by atoms with E-state index in [2.05, 4.69) is 0 Å². The van der Waals surface area contributed by atoms with Gasteiger partial charge in [0.15, 0.2) is 0 Å². The summed E-state index contributed by atoms with van der Waals surface area (Å²) in [6.45, 7) is -0.700. The molecule has 2 nitrogen and oxygen atoms in total. The molecule has 106 valence electrons. The van der Waals surface area contributed by atoms with Crippen molar-refractivity contribution in [3.63, 3.8) is 0 Å². The molecule has 0 atom stereocenters. The van der Waals surface area contributed by atoms with Gasteiger partial charge in [-0.3, -0.25) is 0 Å².